The molecule has 4 heterocycles. The van der Waals surface area contributed by atoms with Gasteiger partial charge in [-0.15, -0.1) is 0 Å². The highest BCUT2D eigenvalue weighted by atomic mass is 16.5. The second-order valence-electron chi connectivity index (χ2n) is 8.70. The fraction of sp³-hybridized carbons (Fsp3) is 0.522. The number of rotatable bonds is 5. The van der Waals surface area contributed by atoms with Crippen molar-refractivity contribution in [2.45, 2.75) is 44.3 Å². The van der Waals surface area contributed by atoms with Crippen molar-refractivity contribution in [2.24, 2.45) is 5.92 Å². The normalized spacial score (nSPS) is 21.1. The number of hydrogen-bond acceptors (Lipinski definition) is 6. The van der Waals surface area contributed by atoms with Gasteiger partial charge in [-0.3, -0.25) is 4.79 Å². The van der Waals surface area contributed by atoms with Crippen LogP contribution in [0.25, 0.3) is 10.9 Å². The first-order valence-electron chi connectivity index (χ1n) is 10.9. The molecule has 5 rings (SSSR count). The van der Waals surface area contributed by atoms with Gasteiger partial charge in [-0.05, 0) is 55.2 Å². The van der Waals surface area contributed by atoms with Crippen molar-refractivity contribution in [1.29, 1.82) is 0 Å². The standard InChI is InChI=1S/C23H28N4O4/c1-29-15-21-25-20(26-31-21)12-16-5-11-30-23(14-16)6-9-27(10-7-23)22(28)18-3-2-17-4-8-24-19(17)13-18/h2-4,8,13,16,24H,5-7,9-12,14-15H2,1H3. The zero-order valence-corrected chi connectivity index (χ0v) is 17.8. The maximum atomic E-state index is 13.0. The predicted octanol–water partition coefficient (Wildman–Crippen LogP) is 3.34. The summed E-state index contributed by atoms with van der Waals surface area (Å²) in [6, 6.07) is 7.87. The molecule has 8 heteroatoms. The van der Waals surface area contributed by atoms with E-state index in [1.165, 1.54) is 0 Å². The molecule has 2 aliphatic rings. The highest BCUT2D eigenvalue weighted by Crippen LogP contribution is 2.39. The van der Waals surface area contributed by atoms with Gasteiger partial charge < -0.3 is 23.9 Å². The summed E-state index contributed by atoms with van der Waals surface area (Å²) < 4.78 is 16.5. The van der Waals surface area contributed by atoms with Crippen molar-refractivity contribution >= 4 is 16.8 Å². The smallest absolute Gasteiger partial charge is 0.253 e. The number of methoxy groups -OCH3 is 1. The van der Waals surface area contributed by atoms with Crippen LogP contribution in [0, 0.1) is 5.92 Å². The molecule has 31 heavy (non-hydrogen) atoms. The SMILES string of the molecule is COCc1nc(CC2CCOC3(CCN(C(=O)c4ccc5cc[nH]c5c4)CC3)C2)no1. The van der Waals surface area contributed by atoms with Crippen LogP contribution >= 0.6 is 0 Å². The van der Waals surface area contributed by atoms with Crippen LogP contribution in [0.4, 0.5) is 0 Å². The maximum Gasteiger partial charge on any atom is 0.253 e. The number of carbonyl (C=O) groups is 1. The van der Waals surface area contributed by atoms with Crippen molar-refractivity contribution in [3.8, 4) is 0 Å². The van der Waals surface area contributed by atoms with E-state index >= 15 is 0 Å². The summed E-state index contributed by atoms with van der Waals surface area (Å²) in [7, 11) is 1.61. The van der Waals surface area contributed by atoms with Gasteiger partial charge in [-0.1, -0.05) is 11.2 Å². The van der Waals surface area contributed by atoms with Gasteiger partial charge in [-0.2, -0.15) is 4.98 Å². The molecule has 3 aromatic rings. The molecule has 8 nitrogen and oxygen atoms in total. The van der Waals surface area contributed by atoms with Crippen molar-refractivity contribution in [2.75, 3.05) is 26.8 Å². The third kappa shape index (κ3) is 4.22. The van der Waals surface area contributed by atoms with E-state index in [0.29, 0.717) is 31.5 Å². The molecule has 1 atom stereocenters. The van der Waals surface area contributed by atoms with E-state index in [9.17, 15) is 4.79 Å². The van der Waals surface area contributed by atoms with E-state index < -0.39 is 0 Å². The molecule has 0 radical (unpaired) electrons. The Bertz CT molecular complexity index is 1050. The first-order chi connectivity index (χ1) is 15.1. The Morgan fingerprint density at radius 2 is 2.19 bits per heavy atom. The van der Waals surface area contributed by atoms with Gasteiger partial charge in [0.25, 0.3) is 11.8 Å². The summed E-state index contributed by atoms with van der Waals surface area (Å²) in [6.07, 6.45) is 6.37. The number of aromatic amines is 1. The Kier molecular flexibility index (Phi) is 5.50. The summed E-state index contributed by atoms with van der Waals surface area (Å²) in [6.45, 7) is 2.51. The van der Waals surface area contributed by atoms with Crippen LogP contribution in [0.1, 0.15) is 47.8 Å². The lowest BCUT2D eigenvalue weighted by atomic mass is 9.78. The Balaban J connectivity index is 1.19. The number of H-pyrrole nitrogens is 1. The van der Waals surface area contributed by atoms with Gasteiger partial charge in [0, 0.05) is 50.5 Å². The summed E-state index contributed by atoms with van der Waals surface area (Å²) in [4.78, 5) is 22.6. The number of fused-ring (bicyclic) bond motifs is 1. The molecule has 2 aliphatic heterocycles. The van der Waals surface area contributed by atoms with Crippen LogP contribution in [-0.4, -0.2) is 58.3 Å². The average molecular weight is 425 g/mol. The minimum atomic E-state index is -0.151. The van der Waals surface area contributed by atoms with Crippen molar-refractivity contribution in [3.05, 3.63) is 47.7 Å². The van der Waals surface area contributed by atoms with E-state index in [4.69, 9.17) is 14.0 Å². The molecule has 1 amide bonds. The number of ether oxygens (including phenoxy) is 2. The topological polar surface area (TPSA) is 93.5 Å². The Morgan fingerprint density at radius 1 is 1.32 bits per heavy atom. The van der Waals surface area contributed by atoms with Crippen LogP contribution in [0.5, 0.6) is 0 Å². The van der Waals surface area contributed by atoms with Crippen LogP contribution in [0.15, 0.2) is 35.0 Å². The van der Waals surface area contributed by atoms with Gasteiger partial charge >= 0.3 is 0 Å². The lowest BCUT2D eigenvalue weighted by Gasteiger charge is -2.46. The number of likely N-dealkylation sites (tertiary alicyclic amines) is 1. The fourth-order valence-electron chi connectivity index (χ4n) is 4.95. The first kappa shape index (κ1) is 20.2. The van der Waals surface area contributed by atoms with Gasteiger partial charge in [-0.25, -0.2) is 0 Å². The molecule has 0 bridgehead atoms. The number of benzene rings is 1. The molecule has 1 unspecified atom stereocenters. The minimum absolute atomic E-state index is 0.0937. The number of hydrogen-bond donors (Lipinski definition) is 1. The molecule has 164 valence electrons. The quantitative estimate of drug-likeness (QED) is 0.675. The van der Waals surface area contributed by atoms with Crippen molar-refractivity contribution < 1.29 is 18.8 Å². The van der Waals surface area contributed by atoms with E-state index in [1.54, 1.807) is 7.11 Å². The monoisotopic (exact) mass is 424 g/mol. The van der Waals surface area contributed by atoms with E-state index in [0.717, 1.165) is 61.0 Å². The number of carbonyl (C=O) groups excluding carboxylic acids is 1. The Hall–Kier alpha value is -2.71. The molecule has 2 fully saturated rings. The van der Waals surface area contributed by atoms with Gasteiger partial charge in [0.05, 0.1) is 5.60 Å². The minimum Gasteiger partial charge on any atom is -0.375 e. The van der Waals surface area contributed by atoms with Crippen LogP contribution in [0.2, 0.25) is 0 Å². The Morgan fingerprint density at radius 3 is 3.03 bits per heavy atom. The van der Waals surface area contributed by atoms with Crippen LogP contribution < -0.4 is 0 Å². The Labute approximate surface area is 180 Å². The number of aromatic nitrogens is 3. The number of nitrogens with zero attached hydrogens (tertiary/aromatic N) is 3. The van der Waals surface area contributed by atoms with Crippen LogP contribution in [-0.2, 0) is 22.5 Å². The molecule has 2 aromatic heterocycles. The molecule has 1 N–H and O–H groups in total. The third-order valence-corrected chi connectivity index (χ3v) is 6.61. The summed E-state index contributed by atoms with van der Waals surface area (Å²) in [5.41, 5.74) is 1.58. The largest absolute Gasteiger partial charge is 0.375 e. The number of nitrogens with one attached hydrogen (secondary N) is 1. The second-order valence-corrected chi connectivity index (χ2v) is 8.70. The second kappa shape index (κ2) is 8.43. The highest BCUT2D eigenvalue weighted by Gasteiger charge is 2.41. The van der Waals surface area contributed by atoms with Gasteiger partial charge in [0.1, 0.15) is 6.61 Å². The number of piperidine rings is 1. The molecule has 0 saturated carbocycles. The fourth-order valence-corrected chi connectivity index (χ4v) is 4.95. The van der Waals surface area contributed by atoms with E-state index in [-0.39, 0.29) is 11.5 Å². The maximum absolute atomic E-state index is 13.0. The zero-order valence-electron chi connectivity index (χ0n) is 17.8. The van der Waals surface area contributed by atoms with E-state index in [1.807, 2.05) is 35.4 Å². The summed E-state index contributed by atoms with van der Waals surface area (Å²) >= 11 is 0. The van der Waals surface area contributed by atoms with E-state index in [2.05, 4.69) is 15.1 Å². The lowest BCUT2D eigenvalue weighted by Crippen LogP contribution is -2.51. The number of amides is 1. The zero-order chi connectivity index (χ0) is 21.3. The van der Waals surface area contributed by atoms with Crippen molar-refractivity contribution in [1.82, 2.24) is 20.0 Å². The molecular formula is C23H28N4O4. The van der Waals surface area contributed by atoms with Gasteiger partial charge in [0.15, 0.2) is 5.82 Å². The lowest BCUT2D eigenvalue weighted by molar-refractivity contribution is -0.123. The first-order valence-corrected chi connectivity index (χ1v) is 10.9. The molecular weight excluding hydrogens is 396 g/mol. The molecule has 0 aliphatic carbocycles. The van der Waals surface area contributed by atoms with Crippen LogP contribution in [0.3, 0.4) is 0 Å². The molecule has 1 aromatic carbocycles. The van der Waals surface area contributed by atoms with Gasteiger partial charge in [0.2, 0.25) is 0 Å². The summed E-state index contributed by atoms with van der Waals surface area (Å²) in [5.74, 6) is 1.81. The molecule has 1 spiro atoms. The third-order valence-electron chi connectivity index (χ3n) is 6.61. The predicted molar refractivity (Wildman–Crippen MR) is 114 cm³/mol. The summed E-state index contributed by atoms with van der Waals surface area (Å²) in [5, 5.41) is 5.20. The average Bonchev–Trinajstić information content (AvgIpc) is 3.43. The highest BCUT2D eigenvalue weighted by molar-refractivity contribution is 5.98. The van der Waals surface area contributed by atoms with Crippen molar-refractivity contribution in [3.63, 3.8) is 0 Å². The molecule has 2 saturated heterocycles.